The molecule has 0 aliphatic heterocycles. The third-order valence-electron chi connectivity index (χ3n) is 2.64. The third-order valence-corrected chi connectivity index (χ3v) is 2.64. The zero-order chi connectivity index (χ0) is 12.6. The summed E-state index contributed by atoms with van der Waals surface area (Å²) in [6.07, 6.45) is 3.02. The summed E-state index contributed by atoms with van der Waals surface area (Å²) in [6, 6.07) is 1.82. The molecule has 0 bridgehead atoms. The summed E-state index contributed by atoms with van der Waals surface area (Å²) in [5.41, 5.74) is -1.30. The number of carbonyl (C=O) groups is 1. The van der Waals surface area contributed by atoms with Crippen LogP contribution in [-0.2, 0) is 11.3 Å². The van der Waals surface area contributed by atoms with E-state index < -0.39 is 11.2 Å². The molecular weight excluding hydrogens is 222 g/mol. The van der Waals surface area contributed by atoms with E-state index in [0.29, 0.717) is 0 Å². The van der Waals surface area contributed by atoms with E-state index in [1.165, 1.54) is 17.7 Å². The van der Waals surface area contributed by atoms with Crippen LogP contribution in [0.3, 0.4) is 0 Å². The van der Waals surface area contributed by atoms with Crippen LogP contribution >= 0.6 is 0 Å². The number of rotatable bonds is 3. The van der Waals surface area contributed by atoms with E-state index in [4.69, 9.17) is 5.26 Å². The minimum atomic E-state index is -0.690. The molecule has 17 heavy (non-hydrogen) atoms. The highest BCUT2D eigenvalue weighted by Crippen LogP contribution is 2.33. The highest BCUT2D eigenvalue weighted by atomic mass is 16.2. The standard InChI is InChI=1S/C11H11N3O3/c1-7(15)5-14-10(16)8(4-12)6-13(11(14)17)9-2-3-9/h6,9H,2-3,5H2,1H3. The van der Waals surface area contributed by atoms with Crippen LogP contribution in [0, 0.1) is 11.3 Å². The molecule has 0 saturated heterocycles. The summed E-state index contributed by atoms with van der Waals surface area (Å²) in [5.74, 6) is -0.290. The molecule has 1 saturated carbocycles. The van der Waals surface area contributed by atoms with Crippen molar-refractivity contribution < 1.29 is 4.79 Å². The van der Waals surface area contributed by atoms with Crippen molar-refractivity contribution in [3.63, 3.8) is 0 Å². The van der Waals surface area contributed by atoms with E-state index in [9.17, 15) is 14.4 Å². The van der Waals surface area contributed by atoms with Gasteiger partial charge in [-0.1, -0.05) is 0 Å². The van der Waals surface area contributed by atoms with E-state index in [-0.39, 0.29) is 23.9 Å². The molecule has 0 amide bonds. The summed E-state index contributed by atoms with van der Waals surface area (Å²) in [6.45, 7) is 1.02. The van der Waals surface area contributed by atoms with Crippen LogP contribution in [-0.4, -0.2) is 14.9 Å². The number of carbonyl (C=O) groups excluding carboxylic acids is 1. The van der Waals surface area contributed by atoms with Crippen LogP contribution in [0.5, 0.6) is 0 Å². The molecule has 1 fully saturated rings. The molecule has 0 radical (unpaired) electrons. The maximum absolute atomic E-state index is 11.9. The Bertz CT molecular complexity index is 629. The number of Topliss-reactive ketones (excluding diaryl/α,β-unsaturated/α-hetero) is 1. The second-order valence-corrected chi connectivity index (χ2v) is 4.17. The fraction of sp³-hybridized carbons (Fsp3) is 0.455. The molecule has 0 aromatic carbocycles. The Balaban J connectivity index is 2.67. The van der Waals surface area contributed by atoms with Crippen molar-refractivity contribution in [2.45, 2.75) is 32.4 Å². The predicted molar refractivity (Wildman–Crippen MR) is 58.6 cm³/mol. The number of hydrogen-bond donors (Lipinski definition) is 0. The highest BCUT2D eigenvalue weighted by Gasteiger charge is 2.26. The summed E-state index contributed by atoms with van der Waals surface area (Å²) < 4.78 is 2.21. The lowest BCUT2D eigenvalue weighted by atomic mass is 10.3. The predicted octanol–water partition coefficient (Wildman–Crippen LogP) is -0.194. The van der Waals surface area contributed by atoms with Crippen LogP contribution in [0.25, 0.3) is 0 Å². The van der Waals surface area contributed by atoms with Gasteiger partial charge in [0.1, 0.15) is 17.4 Å². The number of aromatic nitrogens is 2. The van der Waals surface area contributed by atoms with E-state index in [2.05, 4.69) is 0 Å². The second kappa shape index (κ2) is 4.01. The van der Waals surface area contributed by atoms with Crippen molar-refractivity contribution in [1.29, 1.82) is 5.26 Å². The van der Waals surface area contributed by atoms with Gasteiger partial charge in [0.05, 0.1) is 6.54 Å². The maximum atomic E-state index is 11.9. The Morgan fingerprint density at radius 3 is 2.65 bits per heavy atom. The first-order chi connectivity index (χ1) is 8.04. The SMILES string of the molecule is CC(=O)Cn1c(=O)c(C#N)cn(C2CC2)c1=O. The smallest absolute Gasteiger partial charge is 0.298 e. The first-order valence-electron chi connectivity index (χ1n) is 5.30. The Kier molecular flexibility index (Phi) is 2.68. The van der Waals surface area contributed by atoms with Gasteiger partial charge in [0.15, 0.2) is 0 Å². The van der Waals surface area contributed by atoms with Gasteiger partial charge >= 0.3 is 5.69 Å². The maximum Gasteiger partial charge on any atom is 0.331 e. The molecule has 6 heteroatoms. The molecule has 88 valence electrons. The fourth-order valence-corrected chi connectivity index (χ4v) is 1.67. The van der Waals surface area contributed by atoms with Crippen molar-refractivity contribution in [3.8, 4) is 6.07 Å². The normalized spacial score (nSPS) is 14.4. The molecule has 0 spiro atoms. The zero-order valence-corrected chi connectivity index (χ0v) is 9.34. The van der Waals surface area contributed by atoms with Crippen LogP contribution in [0.1, 0.15) is 31.4 Å². The van der Waals surface area contributed by atoms with Gasteiger partial charge in [0, 0.05) is 12.2 Å². The quantitative estimate of drug-likeness (QED) is 0.724. The van der Waals surface area contributed by atoms with Gasteiger partial charge in [-0.05, 0) is 19.8 Å². The van der Waals surface area contributed by atoms with E-state index in [0.717, 1.165) is 17.4 Å². The molecular formula is C11H11N3O3. The molecule has 6 nitrogen and oxygen atoms in total. The van der Waals surface area contributed by atoms with Gasteiger partial charge in [0.25, 0.3) is 5.56 Å². The second-order valence-electron chi connectivity index (χ2n) is 4.17. The molecule has 1 aromatic heterocycles. The zero-order valence-electron chi connectivity index (χ0n) is 9.34. The Morgan fingerprint density at radius 1 is 1.53 bits per heavy atom. The van der Waals surface area contributed by atoms with E-state index >= 15 is 0 Å². The summed E-state index contributed by atoms with van der Waals surface area (Å²) in [4.78, 5) is 34.7. The van der Waals surface area contributed by atoms with Crippen molar-refractivity contribution in [2.75, 3.05) is 0 Å². The number of ketones is 1. The lowest BCUT2D eigenvalue weighted by Gasteiger charge is -2.08. The van der Waals surface area contributed by atoms with Crippen molar-refractivity contribution >= 4 is 5.78 Å². The van der Waals surface area contributed by atoms with E-state index in [1.54, 1.807) is 6.07 Å². The Hall–Kier alpha value is -2.16. The van der Waals surface area contributed by atoms with Gasteiger partial charge in [-0.2, -0.15) is 5.26 Å². The van der Waals surface area contributed by atoms with Crippen LogP contribution in [0.4, 0.5) is 0 Å². The van der Waals surface area contributed by atoms with Crippen molar-refractivity contribution in [3.05, 3.63) is 32.6 Å². The van der Waals surface area contributed by atoms with Gasteiger partial charge in [0.2, 0.25) is 0 Å². The van der Waals surface area contributed by atoms with Crippen molar-refractivity contribution in [1.82, 2.24) is 9.13 Å². The summed E-state index contributed by atoms with van der Waals surface area (Å²) in [7, 11) is 0. The number of nitrogens with zero attached hydrogens (tertiary/aromatic N) is 3. The molecule has 1 heterocycles. The minimum Gasteiger partial charge on any atom is -0.298 e. The van der Waals surface area contributed by atoms with Gasteiger partial charge in [-0.3, -0.25) is 18.7 Å². The molecule has 1 aliphatic rings. The van der Waals surface area contributed by atoms with Crippen molar-refractivity contribution in [2.24, 2.45) is 0 Å². The first-order valence-corrected chi connectivity index (χ1v) is 5.30. The lowest BCUT2D eigenvalue weighted by Crippen LogP contribution is -2.41. The van der Waals surface area contributed by atoms with Gasteiger partial charge in [-0.15, -0.1) is 0 Å². The highest BCUT2D eigenvalue weighted by molar-refractivity contribution is 5.75. The molecule has 2 rings (SSSR count). The van der Waals surface area contributed by atoms with Gasteiger partial charge in [-0.25, -0.2) is 4.79 Å². The molecule has 0 N–H and O–H groups in total. The minimum absolute atomic E-state index is 0.0633. The molecule has 0 atom stereocenters. The molecule has 0 unspecified atom stereocenters. The average molecular weight is 233 g/mol. The topological polar surface area (TPSA) is 84.9 Å². The Morgan fingerprint density at radius 2 is 2.18 bits per heavy atom. The largest absolute Gasteiger partial charge is 0.331 e. The van der Waals surface area contributed by atoms with Crippen LogP contribution < -0.4 is 11.2 Å². The average Bonchev–Trinajstić information content (AvgIpc) is 3.08. The van der Waals surface area contributed by atoms with E-state index in [1.807, 2.05) is 0 Å². The lowest BCUT2D eigenvalue weighted by molar-refractivity contribution is -0.117. The fourth-order valence-electron chi connectivity index (χ4n) is 1.67. The third kappa shape index (κ3) is 2.04. The summed E-state index contributed by atoms with van der Waals surface area (Å²) in [5, 5.41) is 8.83. The van der Waals surface area contributed by atoms with Crippen LogP contribution in [0.2, 0.25) is 0 Å². The molecule has 1 aliphatic carbocycles. The monoisotopic (exact) mass is 233 g/mol. The number of nitriles is 1. The van der Waals surface area contributed by atoms with Gasteiger partial charge < -0.3 is 0 Å². The summed E-state index contributed by atoms with van der Waals surface area (Å²) >= 11 is 0. The first kappa shape index (κ1) is 11.3. The van der Waals surface area contributed by atoms with Crippen LogP contribution in [0.15, 0.2) is 15.8 Å². The Labute approximate surface area is 96.7 Å². The number of hydrogen-bond acceptors (Lipinski definition) is 4. The molecule has 1 aromatic rings.